The molecule has 1 aromatic rings. The first-order valence-corrected chi connectivity index (χ1v) is 8.89. The van der Waals surface area contributed by atoms with E-state index in [-0.39, 0.29) is 35.2 Å². The maximum atomic E-state index is 12.1. The van der Waals surface area contributed by atoms with Crippen molar-refractivity contribution in [1.82, 2.24) is 4.31 Å². The molecule has 1 aromatic carbocycles. The molecule has 1 aliphatic carbocycles. The summed E-state index contributed by atoms with van der Waals surface area (Å²) < 4.78 is 25.3. The molecule has 1 saturated heterocycles. The highest BCUT2D eigenvalue weighted by Gasteiger charge is 2.46. The summed E-state index contributed by atoms with van der Waals surface area (Å²) in [7, 11) is -3.18. The largest absolute Gasteiger partial charge is 0.324 e. The van der Waals surface area contributed by atoms with Gasteiger partial charge in [0.15, 0.2) is 0 Å². The van der Waals surface area contributed by atoms with Gasteiger partial charge < -0.3 is 5.32 Å². The van der Waals surface area contributed by atoms with E-state index in [0.717, 1.165) is 12.8 Å². The van der Waals surface area contributed by atoms with Crippen molar-refractivity contribution in [3.63, 3.8) is 0 Å². The van der Waals surface area contributed by atoms with Crippen LogP contribution in [0.1, 0.15) is 12.8 Å². The molecule has 1 amide bonds. The Morgan fingerprint density at radius 3 is 2.52 bits per heavy atom. The molecule has 0 bridgehead atoms. The Hall–Kier alpha value is -0.820. The number of rotatable bonds is 4. The minimum absolute atomic E-state index is 0.233. The maximum absolute atomic E-state index is 12.1. The Bertz CT molecular complexity index is 683. The number of hydrogen-bond donors (Lipinski definition) is 1. The molecule has 0 unspecified atom stereocenters. The van der Waals surface area contributed by atoms with E-state index in [2.05, 4.69) is 5.32 Å². The number of carbonyl (C=O) groups is 1. The Kier molecular flexibility index (Phi) is 3.90. The van der Waals surface area contributed by atoms with Crippen LogP contribution < -0.4 is 5.32 Å². The second-order valence-electron chi connectivity index (χ2n) is 5.35. The lowest BCUT2D eigenvalue weighted by atomic mass is 10.0. The summed E-state index contributed by atoms with van der Waals surface area (Å²) in [5, 5.41) is 3.11. The Morgan fingerprint density at radius 1 is 1.24 bits per heavy atom. The summed E-state index contributed by atoms with van der Waals surface area (Å²) in [6, 6.07) is 4.98. The van der Waals surface area contributed by atoms with Gasteiger partial charge in [-0.15, -0.1) is 0 Å². The zero-order valence-corrected chi connectivity index (χ0v) is 13.4. The Morgan fingerprint density at radius 2 is 1.90 bits per heavy atom. The summed E-state index contributed by atoms with van der Waals surface area (Å²) in [6.45, 7) is 0.478. The third kappa shape index (κ3) is 2.90. The van der Waals surface area contributed by atoms with Crippen LogP contribution in [0.3, 0.4) is 0 Å². The topological polar surface area (TPSA) is 66.5 Å². The van der Waals surface area contributed by atoms with Crippen LogP contribution in [0.5, 0.6) is 0 Å². The van der Waals surface area contributed by atoms with Gasteiger partial charge in [0, 0.05) is 13.1 Å². The maximum Gasteiger partial charge on any atom is 0.230 e. The van der Waals surface area contributed by atoms with Crippen molar-refractivity contribution < 1.29 is 13.2 Å². The van der Waals surface area contributed by atoms with Crippen LogP contribution in [0, 0.1) is 5.92 Å². The first-order valence-electron chi connectivity index (χ1n) is 6.63. The summed E-state index contributed by atoms with van der Waals surface area (Å²) in [6.07, 6.45) is 1.46. The molecule has 0 radical (unpaired) electrons. The van der Waals surface area contributed by atoms with Crippen LogP contribution in [0.15, 0.2) is 18.2 Å². The van der Waals surface area contributed by atoms with Gasteiger partial charge in [0.25, 0.3) is 0 Å². The number of halogens is 2. The highest BCUT2D eigenvalue weighted by Crippen LogP contribution is 2.35. The van der Waals surface area contributed by atoms with Gasteiger partial charge in [0.05, 0.1) is 26.9 Å². The lowest BCUT2D eigenvalue weighted by Crippen LogP contribution is -2.55. The van der Waals surface area contributed by atoms with Gasteiger partial charge in [0.2, 0.25) is 15.9 Å². The molecular weight excluding hydrogens is 335 g/mol. The molecule has 2 aliphatic rings. The van der Waals surface area contributed by atoms with Gasteiger partial charge in [-0.1, -0.05) is 29.3 Å². The fourth-order valence-corrected chi connectivity index (χ4v) is 4.50. The smallest absolute Gasteiger partial charge is 0.230 e. The number of amides is 1. The number of benzene rings is 1. The van der Waals surface area contributed by atoms with Crippen LogP contribution in [-0.2, 0) is 14.8 Å². The van der Waals surface area contributed by atoms with Gasteiger partial charge in [-0.25, -0.2) is 8.42 Å². The minimum atomic E-state index is -3.18. The third-order valence-electron chi connectivity index (χ3n) is 3.73. The third-order valence-corrected chi connectivity index (χ3v) is 6.88. The first-order chi connectivity index (χ1) is 9.89. The normalized spacial score (nSPS) is 20.1. The molecule has 114 valence electrons. The predicted octanol–water partition coefficient (Wildman–Crippen LogP) is 2.36. The van der Waals surface area contributed by atoms with E-state index >= 15 is 0 Å². The van der Waals surface area contributed by atoms with Crippen LogP contribution in [-0.4, -0.2) is 37.0 Å². The molecule has 0 aromatic heterocycles. The number of nitrogens with one attached hydrogen (secondary N) is 1. The standard InChI is InChI=1S/C13H14Cl2N2O3S/c14-10-2-1-3-11(12(10)15)16-13(18)8-6-17(7-8)21(19,20)9-4-5-9/h1-3,8-9H,4-7H2,(H,16,18). The van der Waals surface area contributed by atoms with Crippen molar-refractivity contribution in [2.75, 3.05) is 18.4 Å². The van der Waals surface area contributed by atoms with E-state index in [1.807, 2.05) is 0 Å². The fraction of sp³-hybridized carbons (Fsp3) is 0.462. The van der Waals surface area contributed by atoms with E-state index in [4.69, 9.17) is 23.2 Å². The van der Waals surface area contributed by atoms with E-state index in [1.54, 1.807) is 18.2 Å². The lowest BCUT2D eigenvalue weighted by molar-refractivity contribution is -0.122. The minimum Gasteiger partial charge on any atom is -0.324 e. The predicted molar refractivity (Wildman–Crippen MR) is 82.1 cm³/mol. The van der Waals surface area contributed by atoms with Crippen molar-refractivity contribution in [1.29, 1.82) is 0 Å². The summed E-state index contributed by atoms with van der Waals surface area (Å²) in [4.78, 5) is 12.1. The van der Waals surface area contributed by atoms with Crippen LogP contribution in [0.4, 0.5) is 5.69 Å². The van der Waals surface area contributed by atoms with Crippen molar-refractivity contribution >= 4 is 44.8 Å². The van der Waals surface area contributed by atoms with Gasteiger partial charge in [-0.2, -0.15) is 4.31 Å². The molecule has 2 fully saturated rings. The Balaban J connectivity index is 1.60. The first kappa shape index (κ1) is 15.1. The zero-order chi connectivity index (χ0) is 15.2. The monoisotopic (exact) mass is 348 g/mol. The second-order valence-corrected chi connectivity index (χ2v) is 8.35. The highest BCUT2D eigenvalue weighted by molar-refractivity contribution is 7.90. The number of hydrogen-bond acceptors (Lipinski definition) is 3. The van der Waals surface area contributed by atoms with Crippen LogP contribution in [0.2, 0.25) is 10.0 Å². The second kappa shape index (κ2) is 5.43. The average molecular weight is 349 g/mol. The lowest BCUT2D eigenvalue weighted by Gasteiger charge is -2.37. The average Bonchev–Trinajstić information content (AvgIpc) is 3.17. The SMILES string of the molecule is O=C(Nc1cccc(Cl)c1Cl)C1CN(S(=O)(=O)C2CC2)C1. The number of carbonyl (C=O) groups excluding carboxylic acids is 1. The van der Waals surface area contributed by atoms with Gasteiger partial charge in [-0.05, 0) is 25.0 Å². The van der Waals surface area contributed by atoms with Crippen LogP contribution >= 0.6 is 23.2 Å². The van der Waals surface area contributed by atoms with Crippen molar-refractivity contribution in [2.45, 2.75) is 18.1 Å². The molecule has 1 heterocycles. The van der Waals surface area contributed by atoms with E-state index in [0.29, 0.717) is 10.7 Å². The summed E-state index contributed by atoms with van der Waals surface area (Å²) >= 11 is 11.9. The summed E-state index contributed by atoms with van der Waals surface area (Å²) in [5.74, 6) is -0.574. The van der Waals surface area contributed by atoms with Crippen molar-refractivity contribution in [2.24, 2.45) is 5.92 Å². The number of nitrogens with zero attached hydrogens (tertiary/aromatic N) is 1. The fourth-order valence-electron chi connectivity index (χ4n) is 2.22. The number of anilines is 1. The van der Waals surface area contributed by atoms with Crippen LogP contribution in [0.25, 0.3) is 0 Å². The molecule has 0 spiro atoms. The number of sulfonamides is 1. The molecule has 8 heteroatoms. The van der Waals surface area contributed by atoms with E-state index in [1.165, 1.54) is 4.31 Å². The molecule has 21 heavy (non-hydrogen) atoms. The van der Waals surface area contributed by atoms with Gasteiger partial charge in [0.1, 0.15) is 0 Å². The highest BCUT2D eigenvalue weighted by atomic mass is 35.5. The summed E-state index contributed by atoms with van der Waals surface area (Å²) in [5.41, 5.74) is 0.442. The zero-order valence-electron chi connectivity index (χ0n) is 11.1. The van der Waals surface area contributed by atoms with Crippen molar-refractivity contribution in [3.8, 4) is 0 Å². The van der Waals surface area contributed by atoms with Gasteiger partial charge in [-0.3, -0.25) is 4.79 Å². The molecule has 0 atom stereocenters. The molecule has 5 nitrogen and oxygen atoms in total. The molecule has 1 aliphatic heterocycles. The van der Waals surface area contributed by atoms with Gasteiger partial charge >= 0.3 is 0 Å². The molecule has 1 N–H and O–H groups in total. The van der Waals surface area contributed by atoms with E-state index in [9.17, 15) is 13.2 Å². The quantitative estimate of drug-likeness (QED) is 0.908. The Labute approximate surface area is 133 Å². The molecular formula is C13H14Cl2N2O3S. The van der Waals surface area contributed by atoms with E-state index < -0.39 is 10.0 Å². The molecule has 1 saturated carbocycles. The van der Waals surface area contributed by atoms with Crippen molar-refractivity contribution in [3.05, 3.63) is 28.2 Å². The molecule has 3 rings (SSSR count).